The Morgan fingerprint density at radius 2 is 1.90 bits per heavy atom. The van der Waals surface area contributed by atoms with E-state index >= 15 is 0 Å². The topological polar surface area (TPSA) is 76.0 Å². The van der Waals surface area contributed by atoms with Crippen molar-refractivity contribution in [3.8, 4) is 0 Å². The van der Waals surface area contributed by atoms with Gasteiger partial charge in [0.05, 0.1) is 16.8 Å². The number of anilines is 1. The van der Waals surface area contributed by atoms with Crippen LogP contribution in [0.15, 0.2) is 41.6 Å². The number of nitrogens with zero attached hydrogens (tertiary/aromatic N) is 2. The lowest BCUT2D eigenvalue weighted by atomic mass is 10.2. The van der Waals surface area contributed by atoms with E-state index in [0.29, 0.717) is 18.3 Å². The van der Waals surface area contributed by atoms with Crippen LogP contribution in [0.4, 0.5) is 5.69 Å². The standard InChI is InChI=1S/C14H20N4O2S/c1-11(2)15-8-12-4-6-14(7-5-12)21(19,20)17-13-9-16-18(3)10-13/h4-7,9-11,15,17H,8H2,1-3H3. The zero-order valence-electron chi connectivity index (χ0n) is 12.4. The molecular weight excluding hydrogens is 288 g/mol. The Kier molecular flexibility index (Phi) is 4.64. The number of benzene rings is 1. The molecule has 0 saturated heterocycles. The Morgan fingerprint density at radius 3 is 2.43 bits per heavy atom. The van der Waals surface area contributed by atoms with E-state index in [9.17, 15) is 8.42 Å². The van der Waals surface area contributed by atoms with Crippen molar-refractivity contribution < 1.29 is 8.42 Å². The fourth-order valence-corrected chi connectivity index (χ4v) is 2.82. The Bertz CT molecular complexity index is 690. The summed E-state index contributed by atoms with van der Waals surface area (Å²) in [4.78, 5) is 0.236. The van der Waals surface area contributed by atoms with Crippen LogP contribution in [-0.2, 0) is 23.6 Å². The van der Waals surface area contributed by atoms with Crippen LogP contribution in [-0.4, -0.2) is 24.2 Å². The first-order valence-electron chi connectivity index (χ1n) is 6.70. The van der Waals surface area contributed by atoms with Gasteiger partial charge in [-0.05, 0) is 17.7 Å². The molecule has 2 rings (SSSR count). The molecule has 0 spiro atoms. The van der Waals surface area contributed by atoms with Crippen molar-refractivity contribution >= 4 is 15.7 Å². The molecule has 0 saturated carbocycles. The maximum atomic E-state index is 12.2. The predicted octanol–water partition coefficient (Wildman–Crippen LogP) is 1.72. The molecule has 2 aromatic rings. The van der Waals surface area contributed by atoms with Gasteiger partial charge < -0.3 is 5.32 Å². The predicted molar refractivity (Wildman–Crippen MR) is 82.4 cm³/mol. The quantitative estimate of drug-likeness (QED) is 0.852. The molecule has 0 aliphatic carbocycles. The highest BCUT2D eigenvalue weighted by Gasteiger charge is 2.14. The number of rotatable bonds is 6. The second-order valence-electron chi connectivity index (χ2n) is 5.19. The summed E-state index contributed by atoms with van der Waals surface area (Å²) in [6.07, 6.45) is 3.08. The van der Waals surface area contributed by atoms with E-state index in [1.807, 2.05) is 12.1 Å². The minimum absolute atomic E-state index is 0.236. The summed E-state index contributed by atoms with van der Waals surface area (Å²) in [5, 5.41) is 7.22. The van der Waals surface area contributed by atoms with Crippen LogP contribution in [0.5, 0.6) is 0 Å². The highest BCUT2D eigenvalue weighted by molar-refractivity contribution is 7.92. The summed E-state index contributed by atoms with van der Waals surface area (Å²) in [6, 6.07) is 7.23. The fraction of sp³-hybridized carbons (Fsp3) is 0.357. The van der Waals surface area contributed by atoms with Crippen LogP contribution in [0, 0.1) is 0 Å². The molecule has 0 atom stereocenters. The van der Waals surface area contributed by atoms with Gasteiger partial charge in [0.1, 0.15) is 0 Å². The van der Waals surface area contributed by atoms with Crippen molar-refractivity contribution in [1.82, 2.24) is 15.1 Å². The average Bonchev–Trinajstić information content (AvgIpc) is 2.81. The van der Waals surface area contributed by atoms with Gasteiger partial charge in [-0.15, -0.1) is 0 Å². The van der Waals surface area contributed by atoms with Gasteiger partial charge in [-0.25, -0.2) is 8.42 Å². The normalized spacial score (nSPS) is 11.8. The average molecular weight is 308 g/mol. The van der Waals surface area contributed by atoms with Crippen molar-refractivity contribution in [2.75, 3.05) is 4.72 Å². The third kappa shape index (κ3) is 4.30. The molecule has 1 aromatic heterocycles. The molecule has 0 unspecified atom stereocenters. The first-order chi connectivity index (χ1) is 9.87. The van der Waals surface area contributed by atoms with Crippen molar-refractivity contribution in [3.63, 3.8) is 0 Å². The zero-order chi connectivity index (χ0) is 15.5. The SMILES string of the molecule is CC(C)NCc1ccc(S(=O)(=O)Nc2cnn(C)c2)cc1. The van der Waals surface area contributed by atoms with Gasteiger partial charge in [-0.2, -0.15) is 5.10 Å². The Balaban J connectivity index is 2.09. The highest BCUT2D eigenvalue weighted by atomic mass is 32.2. The maximum Gasteiger partial charge on any atom is 0.261 e. The molecule has 0 aliphatic heterocycles. The lowest BCUT2D eigenvalue weighted by Gasteiger charge is -2.09. The molecule has 0 radical (unpaired) electrons. The van der Waals surface area contributed by atoms with Crippen LogP contribution in [0.1, 0.15) is 19.4 Å². The summed E-state index contributed by atoms with van der Waals surface area (Å²) in [6.45, 7) is 4.85. The van der Waals surface area contributed by atoms with E-state index in [4.69, 9.17) is 0 Å². The molecule has 1 heterocycles. The molecule has 0 amide bonds. The molecule has 0 bridgehead atoms. The van der Waals surface area contributed by atoms with Crippen molar-refractivity contribution in [3.05, 3.63) is 42.2 Å². The Morgan fingerprint density at radius 1 is 1.24 bits per heavy atom. The zero-order valence-corrected chi connectivity index (χ0v) is 13.2. The van der Waals surface area contributed by atoms with Gasteiger partial charge in [0.25, 0.3) is 10.0 Å². The smallest absolute Gasteiger partial charge is 0.261 e. The van der Waals surface area contributed by atoms with E-state index in [1.165, 1.54) is 6.20 Å². The largest absolute Gasteiger partial charge is 0.310 e. The van der Waals surface area contributed by atoms with Crippen LogP contribution in [0.25, 0.3) is 0 Å². The minimum Gasteiger partial charge on any atom is -0.310 e. The second-order valence-corrected chi connectivity index (χ2v) is 6.87. The van der Waals surface area contributed by atoms with Gasteiger partial charge in [0.15, 0.2) is 0 Å². The summed E-state index contributed by atoms with van der Waals surface area (Å²) < 4.78 is 28.5. The molecular formula is C14H20N4O2S. The lowest BCUT2D eigenvalue weighted by molar-refractivity contribution is 0.588. The third-order valence-corrected chi connectivity index (χ3v) is 4.30. The summed E-state index contributed by atoms with van der Waals surface area (Å²) in [5.41, 5.74) is 1.49. The van der Waals surface area contributed by atoms with Crippen LogP contribution < -0.4 is 10.0 Å². The van der Waals surface area contributed by atoms with E-state index in [2.05, 4.69) is 29.0 Å². The summed E-state index contributed by atoms with van der Waals surface area (Å²) in [7, 11) is -1.84. The van der Waals surface area contributed by atoms with Crippen LogP contribution >= 0.6 is 0 Å². The highest BCUT2D eigenvalue weighted by Crippen LogP contribution is 2.15. The van der Waals surface area contributed by atoms with E-state index < -0.39 is 10.0 Å². The van der Waals surface area contributed by atoms with Gasteiger partial charge in [0.2, 0.25) is 0 Å². The fourth-order valence-electron chi connectivity index (χ4n) is 1.80. The van der Waals surface area contributed by atoms with Crippen molar-refractivity contribution in [1.29, 1.82) is 0 Å². The van der Waals surface area contributed by atoms with Gasteiger partial charge >= 0.3 is 0 Å². The number of aromatic nitrogens is 2. The number of aryl methyl sites for hydroxylation is 1. The molecule has 2 N–H and O–H groups in total. The van der Waals surface area contributed by atoms with E-state index in [1.54, 1.807) is 30.1 Å². The minimum atomic E-state index is -3.57. The Hall–Kier alpha value is -1.86. The van der Waals surface area contributed by atoms with E-state index in [-0.39, 0.29) is 4.90 Å². The number of nitrogens with one attached hydrogen (secondary N) is 2. The molecule has 0 fully saturated rings. The monoisotopic (exact) mass is 308 g/mol. The summed E-state index contributed by atoms with van der Waals surface area (Å²) >= 11 is 0. The number of hydrogen-bond donors (Lipinski definition) is 2. The van der Waals surface area contributed by atoms with Crippen molar-refractivity contribution in [2.45, 2.75) is 31.3 Å². The summed E-state index contributed by atoms with van der Waals surface area (Å²) in [5.74, 6) is 0. The van der Waals surface area contributed by atoms with Gasteiger partial charge in [-0.1, -0.05) is 26.0 Å². The molecule has 21 heavy (non-hydrogen) atoms. The second kappa shape index (κ2) is 6.28. The van der Waals surface area contributed by atoms with Crippen LogP contribution in [0.2, 0.25) is 0 Å². The molecule has 0 aliphatic rings. The maximum absolute atomic E-state index is 12.2. The lowest BCUT2D eigenvalue weighted by Crippen LogP contribution is -2.21. The molecule has 7 heteroatoms. The first kappa shape index (κ1) is 15.5. The van der Waals surface area contributed by atoms with Crippen molar-refractivity contribution in [2.24, 2.45) is 7.05 Å². The first-order valence-corrected chi connectivity index (χ1v) is 8.19. The van der Waals surface area contributed by atoms with Crippen LogP contribution in [0.3, 0.4) is 0 Å². The van der Waals surface area contributed by atoms with Gasteiger partial charge in [-0.3, -0.25) is 9.40 Å². The Labute approximate surface area is 125 Å². The molecule has 6 nitrogen and oxygen atoms in total. The number of hydrogen-bond acceptors (Lipinski definition) is 4. The molecule has 1 aromatic carbocycles. The molecule has 114 valence electrons. The third-order valence-electron chi connectivity index (χ3n) is 2.91. The van der Waals surface area contributed by atoms with Gasteiger partial charge in [0, 0.05) is 25.8 Å². The number of sulfonamides is 1. The van der Waals surface area contributed by atoms with E-state index in [0.717, 1.165) is 5.56 Å².